The van der Waals surface area contributed by atoms with Crippen LogP contribution in [0.1, 0.15) is 52.3 Å². The molecule has 1 fully saturated rings. The lowest BCUT2D eigenvalue weighted by molar-refractivity contribution is -0.141. The van der Waals surface area contributed by atoms with Gasteiger partial charge in [-0.15, -0.1) is 11.3 Å². The third-order valence-electron chi connectivity index (χ3n) is 7.39. The summed E-state index contributed by atoms with van der Waals surface area (Å²) in [6.45, 7) is 3.71. The quantitative estimate of drug-likeness (QED) is 0.394. The highest BCUT2D eigenvalue weighted by Crippen LogP contribution is 2.44. The highest BCUT2D eigenvalue weighted by Gasteiger charge is 2.39. The van der Waals surface area contributed by atoms with Crippen LogP contribution in [0.5, 0.6) is 0 Å². The number of thiophene rings is 1. The van der Waals surface area contributed by atoms with Crippen LogP contribution >= 0.6 is 11.3 Å². The van der Waals surface area contributed by atoms with Gasteiger partial charge in [0.25, 0.3) is 0 Å². The van der Waals surface area contributed by atoms with Gasteiger partial charge in [-0.3, -0.25) is 14.4 Å². The highest BCUT2D eigenvalue weighted by molar-refractivity contribution is 7.12. The molecule has 198 valence electrons. The van der Waals surface area contributed by atoms with Crippen molar-refractivity contribution in [3.05, 3.63) is 75.3 Å². The molecule has 0 unspecified atom stereocenters. The standard InChI is InChI=1S/C28H28F3N5OS/c1-3-36-16-24(27(33-36)28(29,30)31)21-9-5-4-8-20(21)23-15-35(17-25-22(23)13-19(14-32)38-25)26(37)11-10-18-7-6-12-34(18)2/h4-5,8-11,13,16,18,23H,3,6-7,12,15,17H2,1-2H3/b11-10+/t18-,23+/m1/s1. The van der Waals surface area contributed by atoms with Crippen molar-refractivity contribution in [2.24, 2.45) is 0 Å². The summed E-state index contributed by atoms with van der Waals surface area (Å²) in [5, 5.41) is 13.4. The Morgan fingerprint density at radius 3 is 2.74 bits per heavy atom. The summed E-state index contributed by atoms with van der Waals surface area (Å²) in [6.07, 6.45) is 2.47. The third-order valence-corrected chi connectivity index (χ3v) is 8.44. The number of hydrogen-bond acceptors (Lipinski definition) is 5. The highest BCUT2D eigenvalue weighted by atomic mass is 32.1. The molecule has 0 spiro atoms. The van der Waals surface area contributed by atoms with Gasteiger partial charge in [0.2, 0.25) is 5.91 Å². The summed E-state index contributed by atoms with van der Waals surface area (Å²) in [7, 11) is 2.04. The van der Waals surface area contributed by atoms with E-state index in [1.54, 1.807) is 36.1 Å². The molecule has 2 aromatic heterocycles. The van der Waals surface area contributed by atoms with Crippen LogP contribution in [0.15, 0.2) is 48.7 Å². The van der Waals surface area contributed by atoms with E-state index in [1.165, 1.54) is 22.2 Å². The number of alkyl halides is 3. The number of fused-ring (bicyclic) bond motifs is 1. The van der Waals surface area contributed by atoms with Crippen LogP contribution in [-0.2, 0) is 24.1 Å². The third kappa shape index (κ3) is 5.00. The number of aromatic nitrogens is 2. The van der Waals surface area contributed by atoms with Gasteiger partial charge in [-0.05, 0) is 56.1 Å². The molecule has 38 heavy (non-hydrogen) atoms. The van der Waals surface area contributed by atoms with Crippen molar-refractivity contribution < 1.29 is 18.0 Å². The molecule has 4 heterocycles. The van der Waals surface area contributed by atoms with Gasteiger partial charge in [0.1, 0.15) is 10.9 Å². The summed E-state index contributed by atoms with van der Waals surface area (Å²) in [6, 6.07) is 11.2. The summed E-state index contributed by atoms with van der Waals surface area (Å²) >= 11 is 1.33. The van der Waals surface area contributed by atoms with Gasteiger partial charge in [-0.25, -0.2) is 0 Å². The van der Waals surface area contributed by atoms with E-state index in [2.05, 4.69) is 16.1 Å². The first-order valence-corrected chi connectivity index (χ1v) is 13.4. The first-order chi connectivity index (χ1) is 18.2. The zero-order valence-corrected chi connectivity index (χ0v) is 22.0. The number of carbonyl (C=O) groups is 1. The summed E-state index contributed by atoms with van der Waals surface area (Å²) in [5.74, 6) is -0.522. The minimum Gasteiger partial charge on any atom is -0.333 e. The molecule has 1 aromatic carbocycles. The maximum Gasteiger partial charge on any atom is 0.435 e. The van der Waals surface area contributed by atoms with Crippen LogP contribution in [0.2, 0.25) is 0 Å². The Hall–Kier alpha value is -3.42. The maximum atomic E-state index is 14.0. The SMILES string of the molecule is CCn1cc(-c2ccccc2[C@@H]2CN(C(=O)/C=C/[C@H]3CCCN3C)Cc3sc(C#N)cc32)c(C(F)(F)F)n1. The zero-order valence-electron chi connectivity index (χ0n) is 21.2. The first-order valence-electron chi connectivity index (χ1n) is 12.6. The minimum absolute atomic E-state index is 0.0138. The lowest BCUT2D eigenvalue weighted by atomic mass is 9.83. The molecule has 1 saturated heterocycles. The predicted molar refractivity (Wildman–Crippen MR) is 139 cm³/mol. The molecule has 2 atom stereocenters. The van der Waals surface area contributed by atoms with E-state index in [0.717, 1.165) is 29.8 Å². The van der Waals surface area contributed by atoms with Crippen molar-refractivity contribution in [1.29, 1.82) is 5.26 Å². The fourth-order valence-corrected chi connectivity index (χ4v) is 6.46. The van der Waals surface area contributed by atoms with Gasteiger partial charge in [0.15, 0.2) is 5.69 Å². The number of benzene rings is 1. The number of hydrogen-bond donors (Lipinski definition) is 0. The van der Waals surface area contributed by atoms with E-state index in [4.69, 9.17) is 0 Å². The molecule has 0 N–H and O–H groups in total. The molecular weight excluding hydrogens is 511 g/mol. The lowest BCUT2D eigenvalue weighted by Gasteiger charge is -2.33. The summed E-state index contributed by atoms with van der Waals surface area (Å²) < 4.78 is 43.2. The Kier molecular flexibility index (Phi) is 7.16. The number of likely N-dealkylation sites (tertiary alicyclic amines) is 1. The van der Waals surface area contributed by atoms with Crippen LogP contribution in [0.4, 0.5) is 13.2 Å². The molecule has 2 aliphatic rings. The lowest BCUT2D eigenvalue weighted by Crippen LogP contribution is -2.37. The van der Waals surface area contributed by atoms with E-state index in [9.17, 15) is 23.2 Å². The Morgan fingerprint density at radius 1 is 1.26 bits per heavy atom. The molecule has 1 amide bonds. The van der Waals surface area contributed by atoms with Gasteiger partial charge in [-0.2, -0.15) is 23.5 Å². The number of nitriles is 1. The van der Waals surface area contributed by atoms with E-state index < -0.39 is 11.9 Å². The summed E-state index contributed by atoms with van der Waals surface area (Å²) in [5.41, 5.74) is 1.08. The van der Waals surface area contributed by atoms with E-state index in [0.29, 0.717) is 35.6 Å². The number of rotatable bonds is 5. The molecule has 0 aliphatic carbocycles. The van der Waals surface area contributed by atoms with Crippen LogP contribution in [0.3, 0.4) is 0 Å². The van der Waals surface area contributed by atoms with Crippen molar-refractivity contribution >= 4 is 17.2 Å². The van der Waals surface area contributed by atoms with Crippen molar-refractivity contribution in [1.82, 2.24) is 19.6 Å². The molecule has 6 nitrogen and oxygen atoms in total. The van der Waals surface area contributed by atoms with Crippen molar-refractivity contribution in [2.45, 2.75) is 51.0 Å². The normalized spacial score (nSPS) is 20.2. The smallest absolute Gasteiger partial charge is 0.333 e. The Balaban J connectivity index is 1.56. The molecule has 2 aliphatic heterocycles. The van der Waals surface area contributed by atoms with Gasteiger partial charge in [0.05, 0.1) is 6.54 Å². The molecular formula is C28H28F3N5OS. The second-order valence-corrected chi connectivity index (χ2v) is 10.9. The topological polar surface area (TPSA) is 65.2 Å². The Labute approximate surface area is 223 Å². The van der Waals surface area contributed by atoms with Crippen LogP contribution in [0.25, 0.3) is 11.1 Å². The second-order valence-electron chi connectivity index (χ2n) is 9.75. The van der Waals surface area contributed by atoms with Gasteiger partial charge in [-0.1, -0.05) is 30.3 Å². The van der Waals surface area contributed by atoms with E-state index in [-0.39, 0.29) is 23.4 Å². The van der Waals surface area contributed by atoms with Gasteiger partial charge >= 0.3 is 6.18 Å². The fourth-order valence-electron chi connectivity index (χ4n) is 5.42. The number of amides is 1. The van der Waals surface area contributed by atoms with Crippen molar-refractivity contribution in [2.75, 3.05) is 20.1 Å². The van der Waals surface area contributed by atoms with E-state index >= 15 is 0 Å². The fraction of sp³-hybridized carbons (Fsp3) is 0.393. The molecule has 10 heteroatoms. The second kappa shape index (κ2) is 10.4. The Morgan fingerprint density at radius 2 is 2.05 bits per heavy atom. The largest absolute Gasteiger partial charge is 0.435 e. The molecule has 0 bridgehead atoms. The number of nitrogens with zero attached hydrogens (tertiary/aromatic N) is 5. The monoisotopic (exact) mass is 539 g/mol. The van der Waals surface area contributed by atoms with Gasteiger partial charge < -0.3 is 4.90 Å². The average molecular weight is 540 g/mol. The maximum absolute atomic E-state index is 14.0. The number of carbonyl (C=O) groups excluding carboxylic acids is 1. The predicted octanol–water partition coefficient (Wildman–Crippen LogP) is 5.65. The number of aryl methyl sites for hydroxylation is 1. The molecule has 3 aromatic rings. The zero-order chi connectivity index (χ0) is 27.0. The van der Waals surface area contributed by atoms with Crippen molar-refractivity contribution in [3.8, 4) is 17.2 Å². The molecule has 0 radical (unpaired) electrons. The molecule has 0 saturated carbocycles. The number of likely N-dealkylation sites (N-methyl/N-ethyl adjacent to an activating group) is 1. The van der Waals surface area contributed by atoms with Gasteiger partial charge in [0, 0.05) is 47.8 Å². The van der Waals surface area contributed by atoms with E-state index in [1.807, 2.05) is 25.3 Å². The average Bonchev–Trinajstić information content (AvgIpc) is 3.64. The van der Waals surface area contributed by atoms with Crippen LogP contribution in [0, 0.1) is 11.3 Å². The van der Waals surface area contributed by atoms with Crippen molar-refractivity contribution in [3.63, 3.8) is 0 Å². The minimum atomic E-state index is -4.61. The first kappa shape index (κ1) is 26.2. The molecule has 5 rings (SSSR count). The summed E-state index contributed by atoms with van der Waals surface area (Å²) in [4.78, 5) is 18.6. The number of halogens is 3. The van der Waals surface area contributed by atoms with Crippen LogP contribution in [-0.4, -0.2) is 51.7 Å². The Bertz CT molecular complexity index is 1420. The van der Waals surface area contributed by atoms with Crippen LogP contribution < -0.4 is 0 Å².